The van der Waals surface area contributed by atoms with Crippen molar-refractivity contribution in [3.8, 4) is 5.75 Å². The van der Waals surface area contributed by atoms with Crippen molar-refractivity contribution < 1.29 is 19.1 Å². The fourth-order valence-corrected chi connectivity index (χ4v) is 1.51. The molecule has 110 valence electrons. The van der Waals surface area contributed by atoms with Gasteiger partial charge in [0.1, 0.15) is 5.75 Å². The zero-order valence-electron chi connectivity index (χ0n) is 12.0. The van der Waals surface area contributed by atoms with E-state index in [0.29, 0.717) is 12.3 Å². The van der Waals surface area contributed by atoms with Gasteiger partial charge in [-0.15, -0.1) is 0 Å². The molecule has 0 spiro atoms. The molecule has 1 aromatic rings. The Kier molecular flexibility index (Phi) is 7.17. The molecule has 0 atom stereocenters. The van der Waals surface area contributed by atoms with Crippen LogP contribution in [-0.2, 0) is 14.3 Å². The number of unbranched alkanes of at least 4 members (excludes halogenated alkanes) is 1. The molecule has 0 heterocycles. The molecule has 5 heteroatoms. The van der Waals surface area contributed by atoms with Gasteiger partial charge in [0, 0.05) is 12.1 Å². The van der Waals surface area contributed by atoms with Crippen molar-refractivity contribution in [2.45, 2.75) is 32.6 Å². The summed E-state index contributed by atoms with van der Waals surface area (Å²) < 4.78 is 10.0. The van der Waals surface area contributed by atoms with Crippen LogP contribution in [0.15, 0.2) is 24.3 Å². The lowest BCUT2D eigenvalue weighted by Gasteiger charge is -2.07. The minimum Gasteiger partial charge on any atom is -0.494 e. The van der Waals surface area contributed by atoms with Crippen molar-refractivity contribution in [2.24, 2.45) is 0 Å². The summed E-state index contributed by atoms with van der Waals surface area (Å²) in [6, 6.07) is 7.17. The first kappa shape index (κ1) is 16.0. The van der Waals surface area contributed by atoms with Gasteiger partial charge in [0.05, 0.1) is 20.1 Å². The average Bonchev–Trinajstić information content (AvgIpc) is 2.47. The molecule has 5 nitrogen and oxygen atoms in total. The summed E-state index contributed by atoms with van der Waals surface area (Å²) in [6.07, 6.45) is 2.31. The number of esters is 1. The topological polar surface area (TPSA) is 64.6 Å². The molecule has 1 amide bonds. The Labute approximate surface area is 119 Å². The largest absolute Gasteiger partial charge is 0.494 e. The molecule has 0 bridgehead atoms. The van der Waals surface area contributed by atoms with Crippen molar-refractivity contribution in [1.29, 1.82) is 0 Å². The van der Waals surface area contributed by atoms with E-state index in [1.807, 2.05) is 12.1 Å². The maximum atomic E-state index is 11.6. The van der Waals surface area contributed by atoms with Crippen LogP contribution in [0.4, 0.5) is 5.69 Å². The summed E-state index contributed by atoms with van der Waals surface area (Å²) in [6.45, 7) is 2.80. The molecular formula is C15H21NO4. The predicted octanol–water partition coefficient (Wildman–Crippen LogP) is 2.76. The van der Waals surface area contributed by atoms with Gasteiger partial charge in [0.2, 0.25) is 5.91 Å². The van der Waals surface area contributed by atoms with E-state index in [1.165, 1.54) is 7.11 Å². The lowest BCUT2D eigenvalue weighted by atomic mass is 10.2. The third-order valence-corrected chi connectivity index (χ3v) is 2.69. The molecule has 0 aliphatic carbocycles. The quantitative estimate of drug-likeness (QED) is 0.587. The van der Waals surface area contributed by atoms with Crippen LogP contribution in [0, 0.1) is 0 Å². The van der Waals surface area contributed by atoms with Crippen LogP contribution < -0.4 is 10.1 Å². The third-order valence-electron chi connectivity index (χ3n) is 2.69. The van der Waals surface area contributed by atoms with Gasteiger partial charge < -0.3 is 14.8 Å². The number of amides is 1. The molecule has 0 saturated heterocycles. The van der Waals surface area contributed by atoms with Crippen LogP contribution in [0.2, 0.25) is 0 Å². The predicted molar refractivity (Wildman–Crippen MR) is 76.7 cm³/mol. The van der Waals surface area contributed by atoms with E-state index in [2.05, 4.69) is 17.0 Å². The van der Waals surface area contributed by atoms with Crippen molar-refractivity contribution in [3.05, 3.63) is 24.3 Å². The first-order valence-electron chi connectivity index (χ1n) is 6.75. The van der Waals surface area contributed by atoms with Crippen molar-refractivity contribution in [2.75, 3.05) is 19.0 Å². The average molecular weight is 279 g/mol. The molecule has 0 fully saturated rings. The molecule has 1 N–H and O–H groups in total. The van der Waals surface area contributed by atoms with E-state index in [9.17, 15) is 9.59 Å². The molecule has 0 saturated carbocycles. The van der Waals surface area contributed by atoms with Crippen LogP contribution in [0.5, 0.6) is 5.75 Å². The zero-order valence-corrected chi connectivity index (χ0v) is 12.0. The number of hydrogen-bond acceptors (Lipinski definition) is 4. The van der Waals surface area contributed by atoms with E-state index >= 15 is 0 Å². The molecule has 20 heavy (non-hydrogen) atoms. The fraction of sp³-hybridized carbons (Fsp3) is 0.467. The number of rotatable bonds is 8. The Hall–Kier alpha value is -2.04. The molecule has 0 aliphatic rings. The number of hydrogen-bond donors (Lipinski definition) is 1. The second-order valence-electron chi connectivity index (χ2n) is 4.35. The van der Waals surface area contributed by atoms with Crippen LogP contribution >= 0.6 is 0 Å². The smallest absolute Gasteiger partial charge is 0.306 e. The highest BCUT2D eigenvalue weighted by molar-refractivity contribution is 5.92. The molecule has 0 radical (unpaired) electrons. The van der Waals surface area contributed by atoms with E-state index in [4.69, 9.17) is 4.74 Å². The van der Waals surface area contributed by atoms with Crippen LogP contribution in [0.3, 0.4) is 0 Å². The number of carbonyl (C=O) groups is 2. The van der Waals surface area contributed by atoms with Gasteiger partial charge in [-0.1, -0.05) is 13.3 Å². The lowest BCUT2D eigenvalue weighted by Crippen LogP contribution is -2.13. The minimum absolute atomic E-state index is 0.0839. The monoisotopic (exact) mass is 279 g/mol. The number of anilines is 1. The highest BCUT2D eigenvalue weighted by Gasteiger charge is 2.07. The van der Waals surface area contributed by atoms with Gasteiger partial charge in [-0.2, -0.15) is 0 Å². The second kappa shape index (κ2) is 8.96. The maximum Gasteiger partial charge on any atom is 0.306 e. The number of methoxy groups -OCH3 is 1. The Morgan fingerprint density at radius 1 is 1.15 bits per heavy atom. The Morgan fingerprint density at radius 3 is 2.45 bits per heavy atom. The third kappa shape index (κ3) is 6.22. The molecule has 0 aromatic heterocycles. The summed E-state index contributed by atoms with van der Waals surface area (Å²) in [5.74, 6) is 0.181. The zero-order chi connectivity index (χ0) is 14.8. The summed E-state index contributed by atoms with van der Waals surface area (Å²) in [5, 5.41) is 2.71. The van der Waals surface area contributed by atoms with Crippen LogP contribution in [-0.4, -0.2) is 25.6 Å². The molecule has 0 unspecified atom stereocenters. The van der Waals surface area contributed by atoms with Gasteiger partial charge in [-0.25, -0.2) is 0 Å². The normalized spacial score (nSPS) is 9.90. The molecule has 1 aromatic carbocycles. The lowest BCUT2D eigenvalue weighted by molar-refractivity contribution is -0.141. The first-order valence-corrected chi connectivity index (χ1v) is 6.75. The highest BCUT2D eigenvalue weighted by Crippen LogP contribution is 2.16. The summed E-state index contributed by atoms with van der Waals surface area (Å²) in [7, 11) is 1.30. The second-order valence-corrected chi connectivity index (χ2v) is 4.35. The number of carbonyl (C=O) groups excluding carboxylic acids is 2. The van der Waals surface area contributed by atoms with Gasteiger partial charge in [-0.3, -0.25) is 9.59 Å². The minimum atomic E-state index is -0.389. The SMILES string of the molecule is CCCCOc1ccc(NC(=O)CCC(=O)OC)cc1. The molecular weight excluding hydrogens is 258 g/mol. The van der Waals surface area contributed by atoms with E-state index in [0.717, 1.165) is 18.6 Å². The van der Waals surface area contributed by atoms with Gasteiger partial charge in [0.15, 0.2) is 0 Å². The van der Waals surface area contributed by atoms with Crippen LogP contribution in [0.1, 0.15) is 32.6 Å². The Balaban J connectivity index is 2.36. The number of benzene rings is 1. The van der Waals surface area contributed by atoms with Gasteiger partial charge in [-0.05, 0) is 30.7 Å². The highest BCUT2D eigenvalue weighted by atomic mass is 16.5. The number of nitrogens with one attached hydrogen (secondary N) is 1. The van der Waals surface area contributed by atoms with Crippen LogP contribution in [0.25, 0.3) is 0 Å². The van der Waals surface area contributed by atoms with Gasteiger partial charge >= 0.3 is 5.97 Å². The summed E-state index contributed by atoms with van der Waals surface area (Å²) in [4.78, 5) is 22.5. The number of ether oxygens (including phenoxy) is 2. The van der Waals surface area contributed by atoms with Crippen molar-refractivity contribution >= 4 is 17.6 Å². The first-order chi connectivity index (χ1) is 9.65. The van der Waals surface area contributed by atoms with E-state index < -0.39 is 0 Å². The Bertz CT molecular complexity index is 428. The molecule has 1 rings (SSSR count). The summed E-state index contributed by atoms with van der Waals surface area (Å²) in [5.41, 5.74) is 0.683. The van der Waals surface area contributed by atoms with Crippen molar-refractivity contribution in [3.63, 3.8) is 0 Å². The maximum absolute atomic E-state index is 11.6. The fourth-order valence-electron chi connectivity index (χ4n) is 1.51. The summed E-state index contributed by atoms with van der Waals surface area (Å²) >= 11 is 0. The van der Waals surface area contributed by atoms with E-state index in [1.54, 1.807) is 12.1 Å². The van der Waals surface area contributed by atoms with E-state index in [-0.39, 0.29) is 24.7 Å². The van der Waals surface area contributed by atoms with Crippen molar-refractivity contribution in [1.82, 2.24) is 0 Å². The standard InChI is InChI=1S/C15H21NO4/c1-3-4-11-20-13-7-5-12(6-8-13)16-14(17)9-10-15(18)19-2/h5-8H,3-4,9-11H2,1-2H3,(H,16,17). The Morgan fingerprint density at radius 2 is 1.85 bits per heavy atom. The van der Waals surface area contributed by atoms with Gasteiger partial charge in [0.25, 0.3) is 0 Å². The molecule has 0 aliphatic heterocycles.